The minimum absolute atomic E-state index is 0.0191. The lowest BCUT2D eigenvalue weighted by atomic mass is 9.69. The van der Waals surface area contributed by atoms with Crippen LogP contribution < -0.4 is 19.7 Å². The van der Waals surface area contributed by atoms with Gasteiger partial charge in [0.25, 0.3) is 21.6 Å². The third kappa shape index (κ3) is 9.07. The van der Waals surface area contributed by atoms with Crippen LogP contribution in [0.5, 0.6) is 11.5 Å². The number of pyridine rings is 1. The Labute approximate surface area is 363 Å². The molecule has 0 bridgehead atoms. The zero-order valence-corrected chi connectivity index (χ0v) is 36.8. The molecule has 0 spiro atoms. The van der Waals surface area contributed by atoms with Crippen molar-refractivity contribution in [2.45, 2.75) is 89.6 Å². The van der Waals surface area contributed by atoms with Gasteiger partial charge in [-0.25, -0.2) is 18.1 Å². The number of aliphatic hydroxyl groups excluding tert-OH is 1. The number of aliphatic hydroxyl groups is 1. The molecule has 4 aliphatic carbocycles. The summed E-state index contributed by atoms with van der Waals surface area (Å²) in [6.07, 6.45) is 12.3. The summed E-state index contributed by atoms with van der Waals surface area (Å²) in [6, 6.07) is 12.4. The first-order chi connectivity index (χ1) is 29.7. The SMILES string of the molecule is C[C@H]1CC(C2=C(CN3CCN(c4ccc(C(=O)NS(=O)(=O)c5ccc(NCC6CCC(O)CC6)c([N+](=O)[O-])c5)c(Oc5cnc6[nH]ccc6c5)c4)CC3)CCC(C)(C)C2)C2CC21. The Morgan fingerprint density at radius 1 is 1.03 bits per heavy atom. The van der Waals surface area contributed by atoms with Gasteiger partial charge in [0.05, 0.1) is 27.7 Å². The second-order valence-corrected chi connectivity index (χ2v) is 21.1. The molecule has 9 rings (SSSR count). The van der Waals surface area contributed by atoms with E-state index in [2.05, 4.69) is 50.6 Å². The average Bonchev–Trinajstić information content (AvgIpc) is 3.79. The molecule has 3 heterocycles. The van der Waals surface area contributed by atoms with E-state index in [-0.39, 0.29) is 29.0 Å². The molecule has 14 nitrogen and oxygen atoms in total. The number of hydrogen-bond acceptors (Lipinski definition) is 11. The van der Waals surface area contributed by atoms with E-state index in [9.17, 15) is 28.4 Å². The standard InChI is InChI=1S/C47H59N7O7S/c1-29-20-39(40-24-38(29)40)41-25-47(2,3)14-12-32(41)28-52-16-18-53(19-17-52)33-6-10-37(44(22-33)61-35-21-31-13-15-48-45(31)50-27-35)46(56)51-62(59,60)36-9-11-42(43(23-36)54(57)58)49-26-30-4-7-34(55)8-5-30/h6,9-11,13,15,21-23,27,29-30,34,38-40,49,55H,4-5,7-8,12,14,16-20,24-26,28H2,1-3H3,(H,48,50)(H,51,56)/t29-,30?,34?,38?,39?,40?/m0/s1. The molecule has 4 aromatic rings. The summed E-state index contributed by atoms with van der Waals surface area (Å²) in [6.45, 7) is 12.1. The van der Waals surface area contributed by atoms with Crippen LogP contribution in [0.4, 0.5) is 17.1 Å². The highest BCUT2D eigenvalue weighted by Gasteiger charge is 2.54. The van der Waals surface area contributed by atoms with Gasteiger partial charge in [0.15, 0.2) is 0 Å². The van der Waals surface area contributed by atoms with Gasteiger partial charge in [0.1, 0.15) is 22.8 Å². The number of benzene rings is 2. The van der Waals surface area contributed by atoms with Crippen molar-refractivity contribution in [3.8, 4) is 11.5 Å². The van der Waals surface area contributed by atoms with E-state index in [1.54, 1.807) is 41.7 Å². The van der Waals surface area contributed by atoms with Crippen molar-refractivity contribution in [3.63, 3.8) is 0 Å². The fraction of sp³-hybridized carbons (Fsp3) is 0.532. The molecular weight excluding hydrogens is 807 g/mol. The van der Waals surface area contributed by atoms with Gasteiger partial charge in [-0.1, -0.05) is 31.9 Å². The predicted molar refractivity (Wildman–Crippen MR) is 239 cm³/mol. The van der Waals surface area contributed by atoms with Crippen LogP contribution in [0.3, 0.4) is 0 Å². The van der Waals surface area contributed by atoms with Gasteiger partial charge in [0.2, 0.25) is 0 Å². The summed E-state index contributed by atoms with van der Waals surface area (Å²) >= 11 is 0. The number of piperazine rings is 1. The van der Waals surface area contributed by atoms with Crippen molar-refractivity contribution in [3.05, 3.63) is 87.7 Å². The van der Waals surface area contributed by atoms with Gasteiger partial charge in [-0.2, -0.15) is 0 Å². The van der Waals surface area contributed by atoms with Gasteiger partial charge >= 0.3 is 0 Å². The first kappa shape index (κ1) is 42.3. The van der Waals surface area contributed by atoms with Crippen LogP contribution in [0.15, 0.2) is 77.0 Å². The summed E-state index contributed by atoms with van der Waals surface area (Å²) in [7, 11) is -4.55. The molecule has 0 radical (unpaired) electrons. The van der Waals surface area contributed by atoms with E-state index in [0.29, 0.717) is 36.2 Å². The number of nitrogens with one attached hydrogen (secondary N) is 3. The Morgan fingerprint density at radius 3 is 2.55 bits per heavy atom. The molecule has 2 aromatic heterocycles. The average molecular weight is 866 g/mol. The summed E-state index contributed by atoms with van der Waals surface area (Å²) in [5.74, 6) is 3.25. The van der Waals surface area contributed by atoms with Crippen molar-refractivity contribution in [1.29, 1.82) is 0 Å². The number of allylic oxidation sites excluding steroid dienone is 1. The zero-order valence-electron chi connectivity index (χ0n) is 35.9. The fourth-order valence-electron chi connectivity index (χ4n) is 10.8. The third-order valence-corrected chi connectivity index (χ3v) is 15.8. The molecule has 3 unspecified atom stereocenters. The highest BCUT2D eigenvalue weighted by atomic mass is 32.2. The number of aromatic amines is 1. The summed E-state index contributed by atoms with van der Waals surface area (Å²) in [4.78, 5) is 37.4. The summed E-state index contributed by atoms with van der Waals surface area (Å²) < 4.78 is 35.9. The van der Waals surface area contributed by atoms with E-state index in [1.807, 2.05) is 12.1 Å². The maximum atomic E-state index is 13.9. The number of carbonyl (C=O) groups is 1. The number of anilines is 2. The Morgan fingerprint density at radius 2 is 1.82 bits per heavy atom. The van der Waals surface area contributed by atoms with Crippen LogP contribution in [0.25, 0.3) is 11.0 Å². The molecule has 5 aliphatic rings. The number of fused-ring (bicyclic) bond motifs is 2. The van der Waals surface area contributed by atoms with E-state index >= 15 is 0 Å². The number of carbonyl (C=O) groups excluding carboxylic acids is 1. The van der Waals surface area contributed by atoms with Crippen molar-refractivity contribution in [1.82, 2.24) is 19.6 Å². The molecular formula is C47H59N7O7S. The number of nitrogens with zero attached hydrogens (tertiary/aromatic N) is 4. The lowest BCUT2D eigenvalue weighted by Crippen LogP contribution is -2.47. The quantitative estimate of drug-likeness (QED) is 0.0577. The molecule has 330 valence electrons. The molecule has 1 aliphatic heterocycles. The Kier molecular flexibility index (Phi) is 11.6. The monoisotopic (exact) mass is 865 g/mol. The maximum Gasteiger partial charge on any atom is 0.293 e. The van der Waals surface area contributed by atoms with Crippen LogP contribution in [0.1, 0.15) is 88.9 Å². The molecule has 62 heavy (non-hydrogen) atoms. The predicted octanol–water partition coefficient (Wildman–Crippen LogP) is 8.27. The van der Waals surface area contributed by atoms with E-state index in [0.717, 1.165) is 86.4 Å². The molecule has 1 amide bonds. The highest BCUT2D eigenvalue weighted by Crippen LogP contribution is 2.62. The lowest BCUT2D eigenvalue weighted by molar-refractivity contribution is -0.384. The number of aromatic nitrogens is 2. The highest BCUT2D eigenvalue weighted by molar-refractivity contribution is 7.90. The molecule has 2 aromatic carbocycles. The fourth-order valence-corrected chi connectivity index (χ4v) is 11.8. The molecule has 4 atom stereocenters. The maximum absolute atomic E-state index is 13.9. The number of ether oxygens (including phenoxy) is 1. The zero-order chi connectivity index (χ0) is 43.3. The van der Waals surface area contributed by atoms with Gasteiger partial charge in [-0.05, 0) is 129 Å². The molecule has 1 saturated heterocycles. The normalized spacial score (nSPS) is 26.3. The smallest absolute Gasteiger partial charge is 0.293 e. The van der Waals surface area contributed by atoms with E-state index in [1.165, 1.54) is 44.2 Å². The number of rotatable bonds is 13. The van der Waals surface area contributed by atoms with Crippen molar-refractivity contribution >= 4 is 44.0 Å². The van der Waals surface area contributed by atoms with Gasteiger partial charge in [0, 0.05) is 68.7 Å². The van der Waals surface area contributed by atoms with Crippen LogP contribution >= 0.6 is 0 Å². The van der Waals surface area contributed by atoms with Crippen LogP contribution in [-0.2, 0) is 10.0 Å². The number of hydrogen-bond donors (Lipinski definition) is 4. The Balaban J connectivity index is 0.916. The van der Waals surface area contributed by atoms with Gasteiger partial charge in [-0.15, -0.1) is 0 Å². The number of sulfonamides is 1. The van der Waals surface area contributed by atoms with E-state index < -0.39 is 31.4 Å². The van der Waals surface area contributed by atoms with Crippen molar-refractivity contribution < 1.29 is 28.0 Å². The minimum atomic E-state index is -4.55. The number of amides is 1. The Bertz CT molecular complexity index is 2490. The molecule has 3 saturated carbocycles. The van der Waals surface area contributed by atoms with Crippen molar-refractivity contribution in [2.75, 3.05) is 49.5 Å². The van der Waals surface area contributed by atoms with Crippen LogP contribution in [0.2, 0.25) is 0 Å². The van der Waals surface area contributed by atoms with Crippen LogP contribution in [0, 0.1) is 45.1 Å². The topological polar surface area (TPSA) is 183 Å². The molecule has 15 heteroatoms. The number of nitro benzene ring substituents is 1. The number of nitro groups is 1. The molecule has 4 N–H and O–H groups in total. The largest absolute Gasteiger partial charge is 0.455 e. The summed E-state index contributed by atoms with van der Waals surface area (Å²) in [5, 5.41) is 25.9. The number of H-pyrrole nitrogens is 1. The second kappa shape index (κ2) is 16.9. The first-order valence-electron chi connectivity index (χ1n) is 22.4. The van der Waals surface area contributed by atoms with Gasteiger partial charge in [-0.3, -0.25) is 19.8 Å². The Hall–Kier alpha value is -4.99. The minimum Gasteiger partial charge on any atom is -0.455 e. The van der Waals surface area contributed by atoms with Crippen molar-refractivity contribution in [2.24, 2.45) is 35.0 Å². The van der Waals surface area contributed by atoms with E-state index in [4.69, 9.17) is 4.74 Å². The third-order valence-electron chi connectivity index (χ3n) is 14.5. The lowest BCUT2D eigenvalue weighted by Gasteiger charge is -2.40. The molecule has 4 fully saturated rings. The summed E-state index contributed by atoms with van der Waals surface area (Å²) in [5.41, 5.74) is 5.06. The van der Waals surface area contributed by atoms with Crippen LogP contribution in [-0.4, -0.2) is 84.6 Å². The first-order valence-corrected chi connectivity index (χ1v) is 23.9. The van der Waals surface area contributed by atoms with Gasteiger partial charge < -0.3 is 25.0 Å². The second-order valence-electron chi connectivity index (χ2n) is 19.4.